The third-order valence-electron chi connectivity index (χ3n) is 1.69. The van der Waals surface area contributed by atoms with Gasteiger partial charge < -0.3 is 10.5 Å². The Kier molecular flexibility index (Phi) is 3.85. The molecule has 76 valence electrons. The van der Waals surface area contributed by atoms with Crippen LogP contribution in [0, 0.1) is 0 Å². The summed E-state index contributed by atoms with van der Waals surface area (Å²) in [6.07, 6.45) is 0.545. The number of pyridine rings is 1. The minimum absolute atomic E-state index is 0.250. The molecular formula is C9H11ClN2O2. The molecule has 14 heavy (non-hydrogen) atoms. The van der Waals surface area contributed by atoms with E-state index in [0.29, 0.717) is 23.7 Å². The molecule has 1 aromatic rings. The zero-order valence-electron chi connectivity index (χ0n) is 7.79. The number of hydrogen-bond acceptors (Lipinski definition) is 4. The van der Waals surface area contributed by atoms with Crippen LogP contribution in [0.2, 0.25) is 5.02 Å². The van der Waals surface area contributed by atoms with Crippen LogP contribution in [-0.4, -0.2) is 24.6 Å². The monoisotopic (exact) mass is 214 g/mol. The minimum Gasteiger partial charge on any atom is -0.464 e. The number of carbonyl (C=O) groups is 1. The van der Waals surface area contributed by atoms with Crippen molar-refractivity contribution in [3.05, 3.63) is 28.5 Å². The molecular weight excluding hydrogens is 204 g/mol. The molecule has 0 aliphatic heterocycles. The fourth-order valence-corrected chi connectivity index (χ4v) is 1.21. The average molecular weight is 215 g/mol. The third-order valence-corrected chi connectivity index (χ3v) is 2.04. The minimum atomic E-state index is -0.472. The predicted molar refractivity (Wildman–Crippen MR) is 53.3 cm³/mol. The first-order chi connectivity index (χ1) is 6.69. The number of nitrogens with two attached hydrogens (primary N) is 1. The zero-order chi connectivity index (χ0) is 10.6. The van der Waals surface area contributed by atoms with E-state index in [4.69, 9.17) is 17.3 Å². The third kappa shape index (κ3) is 2.43. The van der Waals surface area contributed by atoms with Gasteiger partial charge in [-0.3, -0.25) is 0 Å². The molecule has 0 unspecified atom stereocenters. The number of ether oxygens (including phenoxy) is 1. The molecule has 0 bridgehead atoms. The first-order valence-electron chi connectivity index (χ1n) is 4.13. The van der Waals surface area contributed by atoms with E-state index in [2.05, 4.69) is 9.72 Å². The van der Waals surface area contributed by atoms with Crippen LogP contribution < -0.4 is 5.73 Å². The van der Waals surface area contributed by atoms with Crippen molar-refractivity contribution in [3.8, 4) is 0 Å². The fraction of sp³-hybridized carbons (Fsp3) is 0.333. The highest BCUT2D eigenvalue weighted by Gasteiger charge is 2.09. The van der Waals surface area contributed by atoms with Crippen molar-refractivity contribution in [2.45, 2.75) is 6.42 Å². The summed E-state index contributed by atoms with van der Waals surface area (Å²) >= 11 is 5.85. The van der Waals surface area contributed by atoms with Crippen LogP contribution in [0.4, 0.5) is 0 Å². The molecule has 4 nitrogen and oxygen atoms in total. The van der Waals surface area contributed by atoms with Crippen LogP contribution in [-0.2, 0) is 11.2 Å². The standard InChI is InChI=1S/C9H11ClN2O2/c1-14-9(13)8-3-2-6(10)7(12-8)4-5-11/h2-3H,4-5,11H2,1H3. The summed E-state index contributed by atoms with van der Waals surface area (Å²) in [5.74, 6) is -0.472. The molecule has 1 heterocycles. The van der Waals surface area contributed by atoms with Crippen LogP contribution in [0.15, 0.2) is 12.1 Å². The zero-order valence-corrected chi connectivity index (χ0v) is 8.54. The number of carbonyl (C=O) groups excluding carboxylic acids is 1. The van der Waals surface area contributed by atoms with E-state index in [1.807, 2.05) is 0 Å². The molecule has 0 atom stereocenters. The smallest absolute Gasteiger partial charge is 0.356 e. The molecule has 0 aromatic carbocycles. The summed E-state index contributed by atoms with van der Waals surface area (Å²) in [5.41, 5.74) is 6.25. The van der Waals surface area contributed by atoms with Crippen LogP contribution in [0.1, 0.15) is 16.2 Å². The first kappa shape index (κ1) is 10.9. The molecule has 2 N–H and O–H groups in total. The van der Waals surface area contributed by atoms with Crippen molar-refractivity contribution >= 4 is 17.6 Å². The summed E-state index contributed by atoms with van der Waals surface area (Å²) in [6.45, 7) is 0.442. The second-order valence-electron chi connectivity index (χ2n) is 2.66. The number of esters is 1. The van der Waals surface area contributed by atoms with E-state index >= 15 is 0 Å². The van der Waals surface area contributed by atoms with Crippen molar-refractivity contribution in [2.75, 3.05) is 13.7 Å². The summed E-state index contributed by atoms with van der Waals surface area (Å²) in [6, 6.07) is 3.14. The Hall–Kier alpha value is -1.13. The normalized spacial score (nSPS) is 9.93. The van der Waals surface area contributed by atoms with Crippen LogP contribution >= 0.6 is 11.6 Å². The highest BCUT2D eigenvalue weighted by Crippen LogP contribution is 2.14. The van der Waals surface area contributed by atoms with Gasteiger partial charge in [0, 0.05) is 6.42 Å². The SMILES string of the molecule is COC(=O)c1ccc(Cl)c(CCN)n1. The molecule has 0 fully saturated rings. The maximum absolute atomic E-state index is 11.1. The molecule has 0 saturated carbocycles. The Balaban J connectivity index is 2.99. The first-order valence-corrected chi connectivity index (χ1v) is 4.50. The maximum Gasteiger partial charge on any atom is 0.356 e. The molecule has 0 radical (unpaired) electrons. The topological polar surface area (TPSA) is 65.2 Å². The van der Waals surface area contributed by atoms with Gasteiger partial charge in [-0.05, 0) is 18.7 Å². The Morgan fingerprint density at radius 3 is 2.93 bits per heavy atom. The molecule has 0 aliphatic rings. The van der Waals surface area contributed by atoms with Crippen molar-refractivity contribution in [1.29, 1.82) is 0 Å². The van der Waals surface area contributed by atoms with Gasteiger partial charge in [0.15, 0.2) is 0 Å². The van der Waals surface area contributed by atoms with Crippen molar-refractivity contribution in [3.63, 3.8) is 0 Å². The lowest BCUT2D eigenvalue weighted by Crippen LogP contribution is -2.09. The second kappa shape index (κ2) is 4.93. The molecule has 1 aromatic heterocycles. The van der Waals surface area contributed by atoms with E-state index in [-0.39, 0.29) is 5.69 Å². The van der Waals surface area contributed by atoms with E-state index in [9.17, 15) is 4.79 Å². The number of hydrogen-bond donors (Lipinski definition) is 1. The lowest BCUT2D eigenvalue weighted by Gasteiger charge is -2.03. The van der Waals surface area contributed by atoms with Crippen LogP contribution in [0.25, 0.3) is 0 Å². The Morgan fingerprint density at radius 2 is 2.36 bits per heavy atom. The van der Waals surface area contributed by atoms with Gasteiger partial charge >= 0.3 is 5.97 Å². The van der Waals surface area contributed by atoms with Gasteiger partial charge in [0.25, 0.3) is 0 Å². The Bertz CT molecular complexity index is 342. The molecule has 0 spiro atoms. The Morgan fingerprint density at radius 1 is 1.64 bits per heavy atom. The quantitative estimate of drug-likeness (QED) is 0.764. The van der Waals surface area contributed by atoms with Gasteiger partial charge in [0.1, 0.15) is 5.69 Å². The fourth-order valence-electron chi connectivity index (χ4n) is 1.01. The van der Waals surface area contributed by atoms with Gasteiger partial charge in [0.05, 0.1) is 17.8 Å². The van der Waals surface area contributed by atoms with Gasteiger partial charge in [-0.1, -0.05) is 11.6 Å². The molecule has 5 heteroatoms. The van der Waals surface area contributed by atoms with Crippen molar-refractivity contribution < 1.29 is 9.53 Å². The summed E-state index contributed by atoms with van der Waals surface area (Å²) in [7, 11) is 1.31. The van der Waals surface area contributed by atoms with Crippen molar-refractivity contribution in [1.82, 2.24) is 4.98 Å². The van der Waals surface area contributed by atoms with Gasteiger partial charge in [0.2, 0.25) is 0 Å². The average Bonchev–Trinajstić information content (AvgIpc) is 2.20. The summed E-state index contributed by atoms with van der Waals surface area (Å²) in [4.78, 5) is 15.2. The molecule has 0 aliphatic carbocycles. The number of methoxy groups -OCH3 is 1. The Labute approximate surface area is 87.0 Å². The molecule has 1 rings (SSSR count). The number of halogens is 1. The maximum atomic E-state index is 11.1. The van der Waals surface area contributed by atoms with E-state index in [0.717, 1.165) is 0 Å². The highest BCUT2D eigenvalue weighted by molar-refractivity contribution is 6.31. The van der Waals surface area contributed by atoms with E-state index in [1.165, 1.54) is 13.2 Å². The van der Waals surface area contributed by atoms with Gasteiger partial charge in [-0.2, -0.15) is 0 Å². The van der Waals surface area contributed by atoms with E-state index < -0.39 is 5.97 Å². The molecule has 0 amide bonds. The predicted octanol–water partition coefficient (Wildman–Crippen LogP) is 1.02. The lowest BCUT2D eigenvalue weighted by molar-refractivity contribution is 0.0593. The summed E-state index contributed by atoms with van der Waals surface area (Å²) in [5, 5.41) is 0.517. The number of aromatic nitrogens is 1. The number of nitrogens with zero attached hydrogens (tertiary/aromatic N) is 1. The van der Waals surface area contributed by atoms with Gasteiger partial charge in [-0.25, -0.2) is 9.78 Å². The largest absolute Gasteiger partial charge is 0.464 e. The van der Waals surface area contributed by atoms with Crippen LogP contribution in [0.5, 0.6) is 0 Å². The lowest BCUT2D eigenvalue weighted by atomic mass is 10.2. The summed E-state index contributed by atoms with van der Waals surface area (Å²) < 4.78 is 4.53. The van der Waals surface area contributed by atoms with E-state index in [1.54, 1.807) is 6.07 Å². The van der Waals surface area contributed by atoms with Crippen molar-refractivity contribution in [2.24, 2.45) is 5.73 Å². The molecule has 0 saturated heterocycles. The van der Waals surface area contributed by atoms with Gasteiger partial charge in [-0.15, -0.1) is 0 Å². The van der Waals surface area contributed by atoms with Crippen LogP contribution in [0.3, 0.4) is 0 Å². The number of rotatable bonds is 3. The highest BCUT2D eigenvalue weighted by atomic mass is 35.5. The second-order valence-corrected chi connectivity index (χ2v) is 3.06.